The van der Waals surface area contributed by atoms with Crippen molar-refractivity contribution in [2.24, 2.45) is 0 Å². The lowest BCUT2D eigenvalue weighted by Gasteiger charge is -2.31. The highest BCUT2D eigenvalue weighted by Crippen LogP contribution is 2.20. The van der Waals surface area contributed by atoms with Crippen molar-refractivity contribution in [1.82, 2.24) is 19.9 Å². The Morgan fingerprint density at radius 1 is 1.60 bits per heavy atom. The van der Waals surface area contributed by atoms with Gasteiger partial charge in [-0.3, -0.25) is 9.69 Å². The quantitative estimate of drug-likeness (QED) is 0.917. The first-order chi connectivity index (χ1) is 9.70. The van der Waals surface area contributed by atoms with Crippen LogP contribution in [0.4, 0.5) is 0 Å². The third kappa shape index (κ3) is 3.12. The summed E-state index contributed by atoms with van der Waals surface area (Å²) < 4.78 is 5.73. The summed E-state index contributed by atoms with van der Waals surface area (Å²) in [6.45, 7) is 4.84. The molecule has 3 rings (SSSR count). The van der Waals surface area contributed by atoms with Crippen LogP contribution in [0.3, 0.4) is 0 Å². The number of aromatic amines is 1. The first-order valence-electron chi connectivity index (χ1n) is 6.51. The van der Waals surface area contributed by atoms with Crippen molar-refractivity contribution >= 4 is 11.3 Å². The second kappa shape index (κ2) is 5.82. The lowest BCUT2D eigenvalue weighted by Crippen LogP contribution is -2.38. The van der Waals surface area contributed by atoms with Crippen LogP contribution in [0.5, 0.6) is 0 Å². The number of nitrogens with zero attached hydrogens (tertiary/aromatic N) is 3. The standard InChI is InChI=1S/C13H16N4O2S/c1-9-6-11(18)16-13(15-9)10-7-17(3-4-19-10)8-12-14-2-5-20-12/h2,5-6,10H,3-4,7-8H2,1H3,(H,15,16,18)/t10-/m0/s1. The second-order valence-electron chi connectivity index (χ2n) is 4.79. The number of rotatable bonds is 3. The van der Waals surface area contributed by atoms with Gasteiger partial charge in [-0.15, -0.1) is 11.3 Å². The van der Waals surface area contributed by atoms with Gasteiger partial charge in [-0.05, 0) is 6.92 Å². The van der Waals surface area contributed by atoms with Crippen LogP contribution < -0.4 is 5.56 Å². The first-order valence-corrected chi connectivity index (χ1v) is 7.39. The third-order valence-electron chi connectivity index (χ3n) is 3.19. The molecule has 1 saturated heterocycles. The van der Waals surface area contributed by atoms with Crippen LogP contribution in [0.1, 0.15) is 22.6 Å². The zero-order valence-electron chi connectivity index (χ0n) is 11.2. The molecule has 1 fully saturated rings. The molecule has 2 aromatic heterocycles. The first kappa shape index (κ1) is 13.4. The van der Waals surface area contributed by atoms with Crippen LogP contribution in [0, 0.1) is 6.92 Å². The summed E-state index contributed by atoms with van der Waals surface area (Å²) in [7, 11) is 0. The smallest absolute Gasteiger partial charge is 0.251 e. The monoisotopic (exact) mass is 292 g/mol. The Hall–Kier alpha value is -1.57. The Morgan fingerprint density at radius 2 is 2.50 bits per heavy atom. The van der Waals surface area contributed by atoms with Crippen LogP contribution in [0.15, 0.2) is 22.4 Å². The normalized spacial score (nSPS) is 20.1. The Bertz CT molecular complexity index is 626. The summed E-state index contributed by atoms with van der Waals surface area (Å²) in [5, 5.41) is 3.07. The molecule has 0 amide bonds. The highest BCUT2D eigenvalue weighted by Gasteiger charge is 2.24. The highest BCUT2D eigenvalue weighted by atomic mass is 32.1. The minimum absolute atomic E-state index is 0.131. The fraction of sp³-hybridized carbons (Fsp3) is 0.462. The van der Waals surface area contributed by atoms with Crippen molar-refractivity contribution < 1.29 is 4.74 Å². The SMILES string of the molecule is Cc1cc(=O)[nH]c([C@@H]2CN(Cc3nccs3)CCO2)n1. The van der Waals surface area contributed by atoms with Gasteiger partial charge in [-0.25, -0.2) is 9.97 Å². The number of aromatic nitrogens is 3. The van der Waals surface area contributed by atoms with Gasteiger partial charge in [0, 0.05) is 36.4 Å². The molecular formula is C13H16N4O2S. The van der Waals surface area contributed by atoms with E-state index >= 15 is 0 Å². The molecule has 2 aromatic rings. The molecule has 0 radical (unpaired) electrons. The van der Waals surface area contributed by atoms with Crippen molar-refractivity contribution in [3.63, 3.8) is 0 Å². The molecule has 0 unspecified atom stereocenters. The zero-order chi connectivity index (χ0) is 13.9. The molecule has 0 bridgehead atoms. The van der Waals surface area contributed by atoms with Gasteiger partial charge in [-0.2, -0.15) is 0 Å². The average Bonchev–Trinajstić information content (AvgIpc) is 2.91. The minimum Gasteiger partial charge on any atom is -0.368 e. The number of morpholine rings is 1. The molecule has 1 aliphatic rings. The number of nitrogens with one attached hydrogen (secondary N) is 1. The van der Waals surface area contributed by atoms with E-state index in [9.17, 15) is 4.79 Å². The molecule has 6 nitrogen and oxygen atoms in total. The maximum absolute atomic E-state index is 11.5. The van der Waals surface area contributed by atoms with Gasteiger partial charge >= 0.3 is 0 Å². The van der Waals surface area contributed by atoms with E-state index in [0.717, 1.165) is 18.1 Å². The average molecular weight is 292 g/mol. The maximum Gasteiger partial charge on any atom is 0.251 e. The number of hydrogen-bond donors (Lipinski definition) is 1. The number of hydrogen-bond acceptors (Lipinski definition) is 6. The largest absolute Gasteiger partial charge is 0.368 e. The molecule has 1 atom stereocenters. The van der Waals surface area contributed by atoms with Crippen molar-refractivity contribution in [2.75, 3.05) is 19.7 Å². The van der Waals surface area contributed by atoms with Crippen molar-refractivity contribution in [3.05, 3.63) is 44.5 Å². The van der Waals surface area contributed by atoms with Crippen molar-refractivity contribution in [1.29, 1.82) is 0 Å². The fourth-order valence-corrected chi connectivity index (χ4v) is 2.95. The second-order valence-corrected chi connectivity index (χ2v) is 5.77. The van der Waals surface area contributed by atoms with Gasteiger partial charge in [-0.1, -0.05) is 0 Å². The summed E-state index contributed by atoms with van der Waals surface area (Å²) >= 11 is 1.65. The van der Waals surface area contributed by atoms with Gasteiger partial charge in [0.1, 0.15) is 16.9 Å². The van der Waals surface area contributed by atoms with Gasteiger partial charge in [0.25, 0.3) is 5.56 Å². The van der Waals surface area contributed by atoms with Crippen LogP contribution >= 0.6 is 11.3 Å². The highest BCUT2D eigenvalue weighted by molar-refractivity contribution is 7.09. The summed E-state index contributed by atoms with van der Waals surface area (Å²) in [6, 6.07) is 1.49. The summed E-state index contributed by atoms with van der Waals surface area (Å²) in [5.74, 6) is 0.610. The van der Waals surface area contributed by atoms with Gasteiger partial charge < -0.3 is 9.72 Å². The van der Waals surface area contributed by atoms with Gasteiger partial charge in [0.15, 0.2) is 0 Å². The van der Waals surface area contributed by atoms with E-state index in [1.54, 1.807) is 11.3 Å². The topological polar surface area (TPSA) is 71.1 Å². The number of aryl methyl sites for hydroxylation is 1. The molecule has 1 aliphatic heterocycles. The minimum atomic E-state index is -0.184. The van der Waals surface area contributed by atoms with Crippen LogP contribution in [0.25, 0.3) is 0 Å². The van der Waals surface area contributed by atoms with Crippen molar-refractivity contribution in [2.45, 2.75) is 19.6 Å². The summed E-state index contributed by atoms with van der Waals surface area (Å²) in [6.07, 6.45) is 1.63. The van der Waals surface area contributed by atoms with Crippen molar-refractivity contribution in [3.8, 4) is 0 Å². The van der Waals surface area contributed by atoms with Gasteiger partial charge in [0.2, 0.25) is 0 Å². The molecule has 0 saturated carbocycles. The molecule has 0 aromatic carbocycles. The van der Waals surface area contributed by atoms with E-state index < -0.39 is 0 Å². The van der Waals surface area contributed by atoms with Crippen LogP contribution in [-0.4, -0.2) is 39.5 Å². The number of ether oxygens (including phenoxy) is 1. The molecule has 0 spiro atoms. The molecule has 1 N–H and O–H groups in total. The number of H-pyrrole nitrogens is 1. The zero-order valence-corrected chi connectivity index (χ0v) is 12.0. The maximum atomic E-state index is 11.5. The van der Waals surface area contributed by atoms with E-state index in [2.05, 4.69) is 19.9 Å². The molecule has 3 heterocycles. The molecule has 0 aliphatic carbocycles. The fourth-order valence-electron chi connectivity index (χ4n) is 2.29. The predicted molar refractivity (Wildman–Crippen MR) is 75.7 cm³/mol. The van der Waals surface area contributed by atoms with E-state index in [0.29, 0.717) is 24.7 Å². The molecule has 7 heteroatoms. The molecular weight excluding hydrogens is 276 g/mol. The Kier molecular flexibility index (Phi) is 3.90. The van der Waals surface area contributed by atoms with E-state index in [1.807, 2.05) is 18.5 Å². The Morgan fingerprint density at radius 3 is 3.25 bits per heavy atom. The summed E-state index contributed by atoms with van der Waals surface area (Å²) in [5.41, 5.74) is 0.581. The lowest BCUT2D eigenvalue weighted by atomic mass is 10.2. The molecule has 106 valence electrons. The Labute approximate surface area is 120 Å². The van der Waals surface area contributed by atoms with E-state index in [-0.39, 0.29) is 11.7 Å². The summed E-state index contributed by atoms with van der Waals surface area (Å²) in [4.78, 5) is 25.2. The van der Waals surface area contributed by atoms with E-state index in [4.69, 9.17) is 4.74 Å². The molecule has 20 heavy (non-hydrogen) atoms. The Balaban J connectivity index is 1.72. The number of thiazole rings is 1. The van der Waals surface area contributed by atoms with Crippen LogP contribution in [0.2, 0.25) is 0 Å². The lowest BCUT2D eigenvalue weighted by molar-refractivity contribution is -0.0374. The predicted octanol–water partition coefficient (Wildman–Crippen LogP) is 1.11. The van der Waals surface area contributed by atoms with Gasteiger partial charge in [0.05, 0.1) is 13.2 Å². The van der Waals surface area contributed by atoms with Crippen LogP contribution in [-0.2, 0) is 11.3 Å². The third-order valence-corrected chi connectivity index (χ3v) is 3.95. The van der Waals surface area contributed by atoms with E-state index in [1.165, 1.54) is 6.07 Å².